The summed E-state index contributed by atoms with van der Waals surface area (Å²) in [6.07, 6.45) is -8.27. The van der Waals surface area contributed by atoms with E-state index in [1.165, 1.54) is 6.07 Å². The lowest BCUT2D eigenvalue weighted by Crippen LogP contribution is -2.60. The fourth-order valence-electron chi connectivity index (χ4n) is 3.85. The van der Waals surface area contributed by atoms with Gasteiger partial charge in [0.15, 0.2) is 17.3 Å². The van der Waals surface area contributed by atoms with Gasteiger partial charge in [-0.2, -0.15) is 8.42 Å². The van der Waals surface area contributed by atoms with E-state index in [1.54, 1.807) is 0 Å². The van der Waals surface area contributed by atoms with Gasteiger partial charge in [-0.05, 0) is 18.2 Å². The number of hydrogen-bond acceptors (Lipinski definition) is 14. The maximum atomic E-state index is 13.4. The zero-order valence-electron chi connectivity index (χ0n) is 19.3. The second kappa shape index (κ2) is 10.3. The molecule has 0 radical (unpaired) electrons. The maximum absolute atomic E-state index is 13.4. The van der Waals surface area contributed by atoms with Crippen molar-refractivity contribution < 1.29 is 66.4 Å². The van der Waals surface area contributed by atoms with Crippen molar-refractivity contribution in [2.75, 3.05) is 13.7 Å². The number of rotatable bonds is 7. The van der Waals surface area contributed by atoms with Gasteiger partial charge in [0.05, 0.1) is 13.7 Å². The van der Waals surface area contributed by atoms with Crippen LogP contribution in [0.1, 0.15) is 0 Å². The largest absolute Gasteiger partial charge is 0.508 e. The second-order valence-corrected chi connectivity index (χ2v) is 9.14. The summed E-state index contributed by atoms with van der Waals surface area (Å²) in [6, 6.07) is 5.17. The first-order chi connectivity index (χ1) is 17.8. The van der Waals surface area contributed by atoms with E-state index in [-0.39, 0.29) is 28.0 Å². The molecule has 1 aliphatic rings. The molecule has 0 amide bonds. The minimum absolute atomic E-state index is 0.0444. The average molecular weight is 558 g/mol. The molecule has 1 saturated heterocycles. The molecule has 0 saturated carbocycles. The van der Waals surface area contributed by atoms with Crippen molar-refractivity contribution in [3.63, 3.8) is 0 Å². The Bertz CT molecular complexity index is 1510. The highest BCUT2D eigenvalue weighted by Crippen LogP contribution is 2.39. The lowest BCUT2D eigenvalue weighted by Gasteiger charge is -2.39. The van der Waals surface area contributed by atoms with E-state index < -0.39 is 76.1 Å². The third-order valence-corrected chi connectivity index (χ3v) is 6.01. The summed E-state index contributed by atoms with van der Waals surface area (Å²) in [5, 5.41) is 59.5. The number of methoxy groups -OCH3 is 1. The number of hydrogen-bond donors (Lipinski definition) is 7. The number of aliphatic hydroxyl groups is 4. The minimum atomic E-state index is -5.02. The molecule has 0 aliphatic carbocycles. The Morgan fingerprint density at radius 1 is 1.00 bits per heavy atom. The Kier molecular flexibility index (Phi) is 7.39. The maximum Gasteiger partial charge on any atom is 0.446 e. The van der Waals surface area contributed by atoms with Crippen molar-refractivity contribution in [2.45, 2.75) is 30.7 Å². The van der Waals surface area contributed by atoms with E-state index in [2.05, 4.69) is 4.18 Å². The SMILES string of the molecule is COc1c(-c2ccc(O)c(OS(=O)(=O)O)c2)oc2cc(O)cc(OC3OC(CO)C(O)C(O)C3O)c2c1=O. The molecular formula is C22H22O15S. The molecule has 3 aromatic rings. The number of aromatic hydroxyl groups is 2. The Morgan fingerprint density at radius 2 is 1.71 bits per heavy atom. The van der Waals surface area contributed by atoms with Gasteiger partial charge in [0.25, 0.3) is 0 Å². The molecule has 1 aliphatic heterocycles. The molecule has 206 valence electrons. The molecule has 1 fully saturated rings. The summed E-state index contributed by atoms with van der Waals surface area (Å²) < 4.78 is 57.3. The number of aliphatic hydroxyl groups excluding tert-OH is 4. The molecule has 4 rings (SSSR count). The van der Waals surface area contributed by atoms with E-state index in [0.29, 0.717) is 0 Å². The Balaban J connectivity index is 1.84. The third kappa shape index (κ3) is 5.18. The number of phenolic OH excluding ortho intramolecular Hbond substituents is 2. The predicted molar refractivity (Wildman–Crippen MR) is 124 cm³/mol. The van der Waals surface area contributed by atoms with Crippen LogP contribution in [0.15, 0.2) is 39.5 Å². The molecular weight excluding hydrogens is 536 g/mol. The molecule has 38 heavy (non-hydrogen) atoms. The van der Waals surface area contributed by atoms with Crippen LogP contribution in [0.3, 0.4) is 0 Å². The molecule has 2 heterocycles. The third-order valence-electron chi connectivity index (χ3n) is 5.62. The Hall–Kier alpha value is -3.64. The summed E-state index contributed by atoms with van der Waals surface area (Å²) in [4.78, 5) is 13.4. The molecule has 5 atom stereocenters. The van der Waals surface area contributed by atoms with Gasteiger partial charge in [-0.3, -0.25) is 9.35 Å². The fraction of sp³-hybridized carbons (Fsp3) is 0.318. The average Bonchev–Trinajstić information content (AvgIpc) is 2.84. The molecule has 5 unspecified atom stereocenters. The van der Waals surface area contributed by atoms with E-state index in [4.69, 9.17) is 23.2 Å². The summed E-state index contributed by atoms with van der Waals surface area (Å²) in [6.45, 7) is -0.735. The number of fused-ring (bicyclic) bond motifs is 1. The lowest BCUT2D eigenvalue weighted by molar-refractivity contribution is -0.277. The van der Waals surface area contributed by atoms with Gasteiger partial charge >= 0.3 is 10.4 Å². The van der Waals surface area contributed by atoms with Crippen LogP contribution < -0.4 is 19.1 Å². The topological polar surface area (TPSA) is 243 Å². The van der Waals surface area contributed by atoms with E-state index in [1.807, 2.05) is 0 Å². The van der Waals surface area contributed by atoms with Gasteiger partial charge in [-0.15, -0.1) is 0 Å². The van der Waals surface area contributed by atoms with Crippen LogP contribution in [0.25, 0.3) is 22.3 Å². The van der Waals surface area contributed by atoms with Crippen molar-refractivity contribution in [1.82, 2.24) is 0 Å². The lowest BCUT2D eigenvalue weighted by atomic mass is 9.99. The summed E-state index contributed by atoms with van der Waals surface area (Å²) >= 11 is 0. The molecule has 0 spiro atoms. The van der Waals surface area contributed by atoms with Gasteiger partial charge in [0, 0.05) is 17.7 Å². The van der Waals surface area contributed by atoms with Crippen LogP contribution in [-0.4, -0.2) is 88.0 Å². The monoisotopic (exact) mass is 558 g/mol. The number of benzene rings is 2. The van der Waals surface area contributed by atoms with Gasteiger partial charge in [0.2, 0.25) is 17.5 Å². The predicted octanol–water partition coefficient (Wildman–Crippen LogP) is -0.760. The van der Waals surface area contributed by atoms with Crippen molar-refractivity contribution in [3.8, 4) is 40.1 Å². The van der Waals surface area contributed by atoms with E-state index in [0.717, 1.165) is 31.4 Å². The van der Waals surface area contributed by atoms with E-state index >= 15 is 0 Å². The Morgan fingerprint density at radius 3 is 2.34 bits per heavy atom. The highest BCUT2D eigenvalue weighted by atomic mass is 32.3. The normalized spacial score (nSPS) is 23.8. The first-order valence-corrected chi connectivity index (χ1v) is 12.1. The summed E-state index contributed by atoms with van der Waals surface area (Å²) in [7, 11) is -3.89. The smallest absolute Gasteiger partial charge is 0.446 e. The van der Waals surface area contributed by atoms with Gasteiger partial charge in [-0.25, -0.2) is 0 Å². The fourth-order valence-corrected chi connectivity index (χ4v) is 4.21. The van der Waals surface area contributed by atoms with Gasteiger partial charge in [0.1, 0.15) is 46.9 Å². The summed E-state index contributed by atoms with van der Waals surface area (Å²) in [5.41, 5.74) is -1.19. The highest BCUT2D eigenvalue weighted by Gasteiger charge is 2.45. The van der Waals surface area contributed by atoms with Crippen molar-refractivity contribution in [2.24, 2.45) is 0 Å². The molecule has 16 heteroatoms. The zero-order chi connectivity index (χ0) is 27.9. The standard InChI is InChI=1S/C22H22O15S/c1-33-21-17(27)15-12(34-20(21)8-2-3-10(25)11(4-8)37-38(30,31)32)5-9(24)6-13(15)35-22-19(29)18(28)16(26)14(7-23)36-22/h2-6,14,16,18-19,22-26,28-29H,7H2,1H3,(H,30,31,32). The van der Waals surface area contributed by atoms with Crippen LogP contribution in [0, 0.1) is 0 Å². The van der Waals surface area contributed by atoms with Crippen LogP contribution >= 0.6 is 0 Å². The van der Waals surface area contributed by atoms with Crippen LogP contribution in [0.2, 0.25) is 0 Å². The van der Waals surface area contributed by atoms with Crippen molar-refractivity contribution >= 4 is 21.4 Å². The second-order valence-electron chi connectivity index (χ2n) is 8.12. The Labute approximate surface area is 213 Å². The minimum Gasteiger partial charge on any atom is -0.508 e. The number of phenols is 2. The van der Waals surface area contributed by atoms with Crippen LogP contribution in [-0.2, 0) is 15.1 Å². The highest BCUT2D eigenvalue weighted by molar-refractivity contribution is 7.81. The van der Waals surface area contributed by atoms with Gasteiger partial charge < -0.3 is 53.4 Å². The number of ether oxygens (including phenoxy) is 3. The van der Waals surface area contributed by atoms with Crippen molar-refractivity contribution in [3.05, 3.63) is 40.6 Å². The first-order valence-electron chi connectivity index (χ1n) is 10.7. The molecule has 0 bridgehead atoms. The van der Waals surface area contributed by atoms with Crippen molar-refractivity contribution in [1.29, 1.82) is 0 Å². The molecule has 7 N–H and O–H groups in total. The molecule has 15 nitrogen and oxygen atoms in total. The van der Waals surface area contributed by atoms with Crippen LogP contribution in [0.5, 0.6) is 28.7 Å². The summed E-state index contributed by atoms with van der Waals surface area (Å²) in [5.74, 6) is -2.96. The quantitative estimate of drug-likeness (QED) is 0.176. The van der Waals surface area contributed by atoms with E-state index in [9.17, 15) is 43.9 Å². The first kappa shape index (κ1) is 27.4. The van der Waals surface area contributed by atoms with Gasteiger partial charge in [-0.1, -0.05) is 0 Å². The zero-order valence-corrected chi connectivity index (χ0v) is 20.1. The van der Waals surface area contributed by atoms with Crippen LogP contribution in [0.4, 0.5) is 0 Å². The molecule has 2 aromatic carbocycles. The molecule has 1 aromatic heterocycles.